The number of hydrogen-bond acceptors (Lipinski definition) is 5. The Morgan fingerprint density at radius 2 is 1.69 bits per heavy atom. The monoisotopic (exact) mass is 541 g/mol. The first-order valence-electron chi connectivity index (χ1n) is 9.91. The maximum absolute atomic E-state index is 14.8. The molecule has 198 valence electrons. The first-order valence-corrected chi connectivity index (χ1v) is 10.3. The molecule has 8 nitrogen and oxygen atoms in total. The average Bonchev–Trinajstić information content (AvgIpc) is 2.81. The minimum Gasteiger partial charge on any atom is -0.391 e. The van der Waals surface area contributed by atoms with Gasteiger partial charge in [0.25, 0.3) is 5.92 Å². The minimum atomic E-state index is -4.64. The molecule has 0 saturated carbocycles. The van der Waals surface area contributed by atoms with Crippen molar-refractivity contribution in [3.05, 3.63) is 64.4 Å². The van der Waals surface area contributed by atoms with Crippen LogP contribution >= 0.6 is 11.6 Å². The molecule has 0 spiro atoms. The van der Waals surface area contributed by atoms with Crippen molar-refractivity contribution in [3.63, 3.8) is 0 Å². The van der Waals surface area contributed by atoms with Crippen molar-refractivity contribution in [2.45, 2.75) is 18.5 Å². The van der Waals surface area contributed by atoms with E-state index in [0.717, 1.165) is 0 Å². The summed E-state index contributed by atoms with van der Waals surface area (Å²) in [5, 5.41) is 8.14. The van der Waals surface area contributed by atoms with Gasteiger partial charge in [-0.05, 0) is 17.3 Å². The van der Waals surface area contributed by atoms with E-state index in [9.17, 15) is 31.1 Å². The molecular weight excluding hydrogens is 520 g/mol. The number of nitrogens with zero attached hydrogens (tertiary/aromatic N) is 1. The number of alkyl halides is 5. The normalized spacial score (nSPS) is 11.0. The lowest BCUT2D eigenvalue weighted by Crippen LogP contribution is -2.29. The van der Waals surface area contributed by atoms with Crippen LogP contribution in [0.2, 0.25) is 5.02 Å². The lowest BCUT2D eigenvalue weighted by atomic mass is 10.1. The third-order valence-electron chi connectivity index (χ3n) is 4.04. The van der Waals surface area contributed by atoms with E-state index < -0.39 is 43.1 Å². The van der Waals surface area contributed by atoms with E-state index in [1.807, 2.05) is 0 Å². The van der Waals surface area contributed by atoms with Crippen LogP contribution in [-0.4, -0.2) is 44.0 Å². The first-order chi connectivity index (χ1) is 16.8. The Labute approximate surface area is 206 Å². The minimum absolute atomic E-state index is 0.000208. The summed E-state index contributed by atoms with van der Waals surface area (Å²) in [6.45, 7) is -0.768. The van der Waals surface area contributed by atoms with Crippen molar-refractivity contribution in [1.82, 2.24) is 5.32 Å². The second-order valence-electron chi connectivity index (χ2n) is 6.85. The Kier molecular flexibility index (Phi) is 11.8. The number of carbonyl (C=O) groups is 2. The maximum atomic E-state index is 14.8. The number of rotatable bonds is 10. The lowest BCUT2D eigenvalue weighted by molar-refractivity contribution is -0.156. The number of oxime groups is 1. The van der Waals surface area contributed by atoms with Crippen LogP contribution in [0.15, 0.2) is 47.6 Å². The Bertz CT molecular complexity index is 1030. The SMILES string of the molecule is NC(N)=NOCCNC(=O)Cc1c(Cl)ccc(NCC(F)(F)c2ccccc2)c1F.O=CC(F)(F)F. The number of guanidine groups is 1. The van der Waals surface area contributed by atoms with E-state index in [4.69, 9.17) is 32.7 Å². The zero-order valence-electron chi connectivity index (χ0n) is 18.4. The molecular formula is C21H22ClF6N5O3. The van der Waals surface area contributed by atoms with Crippen LogP contribution in [0.5, 0.6) is 0 Å². The molecule has 0 fully saturated rings. The molecule has 0 atom stereocenters. The van der Waals surface area contributed by atoms with Crippen LogP contribution in [0.4, 0.5) is 32.0 Å². The zero-order valence-corrected chi connectivity index (χ0v) is 19.2. The summed E-state index contributed by atoms with van der Waals surface area (Å²) in [7, 11) is 0. The van der Waals surface area contributed by atoms with Crippen molar-refractivity contribution < 1.29 is 40.8 Å². The number of nitrogens with two attached hydrogens (primary N) is 2. The molecule has 6 N–H and O–H groups in total. The number of halogens is 7. The molecule has 0 heterocycles. The molecule has 15 heteroatoms. The van der Waals surface area contributed by atoms with Gasteiger partial charge in [0.1, 0.15) is 6.61 Å². The highest BCUT2D eigenvalue weighted by atomic mass is 35.5. The van der Waals surface area contributed by atoms with Crippen molar-refractivity contribution in [3.8, 4) is 0 Å². The summed E-state index contributed by atoms with van der Waals surface area (Å²) in [5.74, 6) is -4.91. The van der Waals surface area contributed by atoms with Gasteiger partial charge >= 0.3 is 6.18 Å². The number of nitrogens with one attached hydrogen (secondary N) is 2. The van der Waals surface area contributed by atoms with Gasteiger partial charge < -0.3 is 26.9 Å². The largest absolute Gasteiger partial charge is 0.446 e. The molecule has 0 bridgehead atoms. The molecule has 2 aromatic rings. The number of aldehydes is 1. The predicted molar refractivity (Wildman–Crippen MR) is 121 cm³/mol. The molecule has 0 aliphatic rings. The highest BCUT2D eigenvalue weighted by molar-refractivity contribution is 6.31. The Balaban J connectivity index is 0.000000960. The molecule has 0 radical (unpaired) electrons. The second-order valence-corrected chi connectivity index (χ2v) is 7.25. The number of carbonyl (C=O) groups excluding carboxylic acids is 2. The fraction of sp³-hybridized carbons (Fsp3) is 0.286. The highest BCUT2D eigenvalue weighted by Gasteiger charge is 2.31. The standard InChI is InChI=1S/C19H21ClF3N5O2.C2HF3O/c20-14-6-7-15(27-11-19(22,23)12-4-2-1-3-5-12)17(21)13(14)10-16(29)26-8-9-30-28-18(24)25;3-2(4,5)1-6/h1-7,27H,8-11H2,(H,26,29)(H4,24,25,28);1H. The third kappa shape index (κ3) is 11.2. The molecule has 2 aromatic carbocycles. The topological polar surface area (TPSA) is 132 Å². The average molecular weight is 542 g/mol. The quantitative estimate of drug-likeness (QED) is 0.0911. The van der Waals surface area contributed by atoms with E-state index in [1.54, 1.807) is 6.07 Å². The summed E-state index contributed by atoms with van der Waals surface area (Å²) in [6.07, 6.45) is -6.09. The molecule has 0 aromatic heterocycles. The fourth-order valence-electron chi connectivity index (χ4n) is 2.47. The van der Waals surface area contributed by atoms with Gasteiger partial charge in [-0.3, -0.25) is 9.59 Å². The zero-order chi connectivity index (χ0) is 27.4. The molecule has 0 aliphatic carbocycles. The molecule has 0 aliphatic heterocycles. The van der Waals surface area contributed by atoms with E-state index in [1.165, 1.54) is 36.4 Å². The van der Waals surface area contributed by atoms with Crippen LogP contribution in [0.3, 0.4) is 0 Å². The van der Waals surface area contributed by atoms with Crippen molar-refractivity contribution >= 4 is 35.4 Å². The summed E-state index contributed by atoms with van der Waals surface area (Å²) >= 11 is 5.98. The fourth-order valence-corrected chi connectivity index (χ4v) is 2.68. The summed E-state index contributed by atoms with van der Waals surface area (Å²) in [4.78, 5) is 25.4. The summed E-state index contributed by atoms with van der Waals surface area (Å²) < 4.78 is 74.6. The number of hydrogen-bond donors (Lipinski definition) is 4. The van der Waals surface area contributed by atoms with Gasteiger partial charge in [-0.1, -0.05) is 41.9 Å². The smallest absolute Gasteiger partial charge is 0.391 e. The predicted octanol–water partition coefficient (Wildman–Crippen LogP) is 3.29. The van der Waals surface area contributed by atoms with Crippen molar-refractivity contribution in [1.29, 1.82) is 0 Å². The lowest BCUT2D eigenvalue weighted by Gasteiger charge is -2.19. The van der Waals surface area contributed by atoms with Gasteiger partial charge in [0.05, 0.1) is 25.2 Å². The first kappa shape index (κ1) is 30.4. The van der Waals surface area contributed by atoms with Gasteiger partial charge in [-0.25, -0.2) is 4.39 Å². The van der Waals surface area contributed by atoms with Gasteiger partial charge in [0, 0.05) is 16.1 Å². The summed E-state index contributed by atoms with van der Waals surface area (Å²) in [6, 6.07) is 9.74. The molecule has 36 heavy (non-hydrogen) atoms. The van der Waals surface area contributed by atoms with Gasteiger partial charge in [0.2, 0.25) is 18.2 Å². The highest BCUT2D eigenvalue weighted by Crippen LogP contribution is 2.30. The number of anilines is 1. The molecule has 0 saturated heterocycles. The van der Waals surface area contributed by atoms with E-state index >= 15 is 0 Å². The van der Waals surface area contributed by atoms with Gasteiger partial charge in [-0.2, -0.15) is 22.0 Å². The van der Waals surface area contributed by atoms with Crippen molar-refractivity contribution in [2.24, 2.45) is 16.6 Å². The Morgan fingerprint density at radius 1 is 1.08 bits per heavy atom. The molecule has 0 unspecified atom stereocenters. The van der Waals surface area contributed by atoms with Crippen LogP contribution in [-0.2, 0) is 26.8 Å². The summed E-state index contributed by atoms with van der Waals surface area (Å²) in [5.41, 5.74) is 9.65. The Morgan fingerprint density at radius 3 is 2.25 bits per heavy atom. The Hall–Kier alpha value is -3.68. The van der Waals surface area contributed by atoms with Crippen LogP contribution in [0.1, 0.15) is 11.1 Å². The van der Waals surface area contributed by atoms with Crippen LogP contribution < -0.4 is 22.1 Å². The van der Waals surface area contributed by atoms with Crippen LogP contribution in [0.25, 0.3) is 0 Å². The van der Waals surface area contributed by atoms with Gasteiger partial charge in [-0.15, -0.1) is 0 Å². The van der Waals surface area contributed by atoms with E-state index in [2.05, 4.69) is 15.8 Å². The number of amides is 1. The van der Waals surface area contributed by atoms with Gasteiger partial charge in [0.15, 0.2) is 5.82 Å². The third-order valence-corrected chi connectivity index (χ3v) is 4.39. The van der Waals surface area contributed by atoms with Crippen molar-refractivity contribution in [2.75, 3.05) is 25.0 Å². The van der Waals surface area contributed by atoms with E-state index in [0.29, 0.717) is 0 Å². The molecule has 2 rings (SSSR count). The van der Waals surface area contributed by atoms with E-state index in [-0.39, 0.29) is 40.9 Å². The number of benzene rings is 2. The van der Waals surface area contributed by atoms with Crippen LogP contribution in [0, 0.1) is 5.82 Å². The molecule has 1 amide bonds. The second kappa shape index (κ2) is 14.0. The maximum Gasteiger partial charge on any atom is 0.446 e.